The Kier molecular flexibility index (Phi) is 4.80. The van der Waals surface area contributed by atoms with Crippen LogP contribution >= 0.6 is 15.9 Å². The number of hydrogen-bond acceptors (Lipinski definition) is 3. The van der Waals surface area contributed by atoms with Crippen LogP contribution in [0.5, 0.6) is 5.75 Å². The lowest BCUT2D eigenvalue weighted by Crippen LogP contribution is -2.32. The molecule has 1 amide bonds. The number of carbonyl (C=O) groups excluding carboxylic acids is 1. The molecule has 21 heavy (non-hydrogen) atoms. The molecule has 1 heterocycles. The van der Waals surface area contributed by atoms with Crippen LogP contribution in [-0.4, -0.2) is 36.5 Å². The molecule has 1 saturated carbocycles. The molecule has 0 bridgehead atoms. The van der Waals surface area contributed by atoms with Crippen LogP contribution in [0.1, 0.15) is 31.2 Å². The fraction of sp³-hybridized carbons (Fsp3) is 0.562. The molecule has 1 aliphatic carbocycles. The van der Waals surface area contributed by atoms with Gasteiger partial charge in [-0.15, -0.1) is 0 Å². The number of carbonyl (C=O) groups is 1. The molecule has 114 valence electrons. The van der Waals surface area contributed by atoms with Gasteiger partial charge in [0.25, 0.3) is 5.91 Å². The maximum absolute atomic E-state index is 12.0. The Labute approximate surface area is 134 Å². The van der Waals surface area contributed by atoms with Crippen molar-refractivity contribution in [2.75, 3.05) is 19.7 Å². The van der Waals surface area contributed by atoms with Crippen molar-refractivity contribution in [3.05, 3.63) is 28.2 Å². The van der Waals surface area contributed by atoms with Gasteiger partial charge >= 0.3 is 0 Å². The van der Waals surface area contributed by atoms with Crippen molar-refractivity contribution in [1.82, 2.24) is 10.2 Å². The van der Waals surface area contributed by atoms with Crippen LogP contribution in [-0.2, 0) is 11.3 Å². The van der Waals surface area contributed by atoms with Crippen LogP contribution in [0.15, 0.2) is 22.7 Å². The largest absolute Gasteiger partial charge is 0.483 e. The highest BCUT2D eigenvalue weighted by Crippen LogP contribution is 2.27. The van der Waals surface area contributed by atoms with Gasteiger partial charge in [0.2, 0.25) is 0 Å². The van der Waals surface area contributed by atoms with Gasteiger partial charge in [0.05, 0.1) is 4.47 Å². The lowest BCUT2D eigenvalue weighted by molar-refractivity contribution is -0.132. The van der Waals surface area contributed by atoms with E-state index in [0.717, 1.165) is 42.7 Å². The topological polar surface area (TPSA) is 41.6 Å². The van der Waals surface area contributed by atoms with Gasteiger partial charge in [0.15, 0.2) is 6.61 Å². The number of nitrogens with one attached hydrogen (secondary N) is 1. The van der Waals surface area contributed by atoms with Gasteiger partial charge in [0, 0.05) is 25.7 Å². The minimum absolute atomic E-state index is 0.0823. The first-order valence-corrected chi connectivity index (χ1v) is 8.44. The number of ether oxygens (including phenoxy) is 1. The van der Waals surface area contributed by atoms with Crippen LogP contribution < -0.4 is 10.1 Å². The molecular weight excluding hydrogens is 332 g/mol. The highest BCUT2D eigenvalue weighted by atomic mass is 79.9. The van der Waals surface area contributed by atoms with Gasteiger partial charge in [-0.1, -0.05) is 6.07 Å². The first-order valence-electron chi connectivity index (χ1n) is 7.65. The Bertz CT molecular complexity index is 511. The van der Waals surface area contributed by atoms with Crippen molar-refractivity contribution >= 4 is 21.8 Å². The molecule has 2 aliphatic rings. The van der Waals surface area contributed by atoms with Crippen LogP contribution in [0, 0.1) is 0 Å². The van der Waals surface area contributed by atoms with E-state index in [1.165, 1.54) is 18.4 Å². The number of nitrogens with zero attached hydrogens (tertiary/aromatic N) is 1. The smallest absolute Gasteiger partial charge is 0.260 e. The number of halogens is 1. The summed E-state index contributed by atoms with van der Waals surface area (Å²) in [6.45, 7) is 2.75. The number of hydrogen-bond donors (Lipinski definition) is 1. The van der Waals surface area contributed by atoms with Crippen LogP contribution in [0.4, 0.5) is 0 Å². The summed E-state index contributed by atoms with van der Waals surface area (Å²) < 4.78 is 6.55. The lowest BCUT2D eigenvalue weighted by Gasteiger charge is -2.16. The van der Waals surface area contributed by atoms with Crippen molar-refractivity contribution in [1.29, 1.82) is 0 Å². The highest BCUT2D eigenvalue weighted by molar-refractivity contribution is 9.10. The first kappa shape index (κ1) is 14.9. The Morgan fingerprint density at radius 2 is 2.10 bits per heavy atom. The predicted molar refractivity (Wildman–Crippen MR) is 85.3 cm³/mol. The van der Waals surface area contributed by atoms with E-state index in [0.29, 0.717) is 6.04 Å². The summed E-state index contributed by atoms with van der Waals surface area (Å²) >= 11 is 3.53. The predicted octanol–water partition coefficient (Wildman–Crippen LogP) is 2.70. The van der Waals surface area contributed by atoms with E-state index < -0.39 is 0 Å². The SMILES string of the molecule is O=C(COc1ccc(CNC2CC2)cc1Br)N1CCCC1. The van der Waals surface area contributed by atoms with Gasteiger partial charge in [-0.2, -0.15) is 0 Å². The summed E-state index contributed by atoms with van der Waals surface area (Å²) in [4.78, 5) is 13.8. The Morgan fingerprint density at radius 1 is 1.33 bits per heavy atom. The molecule has 2 fully saturated rings. The van der Waals surface area contributed by atoms with Crippen molar-refractivity contribution in [3.63, 3.8) is 0 Å². The normalized spacial score (nSPS) is 18.0. The summed E-state index contributed by atoms with van der Waals surface area (Å²) in [5.41, 5.74) is 1.23. The van der Waals surface area contributed by atoms with Crippen LogP contribution in [0.25, 0.3) is 0 Å². The van der Waals surface area contributed by atoms with E-state index in [-0.39, 0.29) is 12.5 Å². The summed E-state index contributed by atoms with van der Waals surface area (Å²) in [6, 6.07) is 6.75. The van der Waals surface area contributed by atoms with Gasteiger partial charge < -0.3 is 15.0 Å². The third-order valence-corrected chi connectivity index (χ3v) is 4.60. The molecule has 1 N–H and O–H groups in total. The Hall–Kier alpha value is -1.07. The Balaban J connectivity index is 1.51. The number of amides is 1. The van der Waals surface area contributed by atoms with E-state index >= 15 is 0 Å². The van der Waals surface area contributed by atoms with E-state index in [1.807, 2.05) is 11.0 Å². The first-order chi connectivity index (χ1) is 10.2. The van der Waals surface area contributed by atoms with E-state index in [9.17, 15) is 4.79 Å². The molecule has 3 rings (SSSR count). The van der Waals surface area contributed by atoms with Gasteiger partial charge in [-0.05, 0) is 59.3 Å². The maximum Gasteiger partial charge on any atom is 0.260 e. The third-order valence-electron chi connectivity index (χ3n) is 3.98. The lowest BCUT2D eigenvalue weighted by atomic mass is 10.2. The fourth-order valence-corrected chi connectivity index (χ4v) is 3.06. The highest BCUT2D eigenvalue weighted by Gasteiger charge is 2.20. The summed E-state index contributed by atoms with van der Waals surface area (Å²) in [5.74, 6) is 0.816. The molecule has 0 aromatic heterocycles. The Morgan fingerprint density at radius 3 is 2.76 bits per heavy atom. The molecule has 0 unspecified atom stereocenters. The molecule has 1 saturated heterocycles. The van der Waals surface area contributed by atoms with E-state index in [1.54, 1.807) is 0 Å². The zero-order valence-corrected chi connectivity index (χ0v) is 13.7. The number of likely N-dealkylation sites (tertiary alicyclic amines) is 1. The quantitative estimate of drug-likeness (QED) is 0.855. The van der Waals surface area contributed by atoms with E-state index in [2.05, 4.69) is 33.4 Å². The molecule has 1 aromatic carbocycles. The number of benzene rings is 1. The maximum atomic E-state index is 12.0. The van der Waals surface area contributed by atoms with Crippen molar-refractivity contribution < 1.29 is 9.53 Å². The molecule has 5 heteroatoms. The second-order valence-corrected chi connectivity index (χ2v) is 6.65. The average Bonchev–Trinajstić information content (AvgIpc) is 3.15. The van der Waals surface area contributed by atoms with Crippen LogP contribution in [0.2, 0.25) is 0 Å². The molecular formula is C16H21BrN2O2. The second kappa shape index (κ2) is 6.79. The minimum atomic E-state index is 0.0823. The van der Waals surface area contributed by atoms with Gasteiger partial charge in [-0.3, -0.25) is 4.79 Å². The van der Waals surface area contributed by atoms with Crippen molar-refractivity contribution in [3.8, 4) is 5.75 Å². The summed E-state index contributed by atoms with van der Waals surface area (Å²) in [7, 11) is 0. The summed E-state index contributed by atoms with van der Waals surface area (Å²) in [5, 5.41) is 3.48. The number of rotatable bonds is 6. The second-order valence-electron chi connectivity index (χ2n) is 5.80. The molecule has 0 radical (unpaired) electrons. The zero-order chi connectivity index (χ0) is 14.7. The van der Waals surface area contributed by atoms with Gasteiger partial charge in [0.1, 0.15) is 5.75 Å². The van der Waals surface area contributed by atoms with Crippen LogP contribution in [0.3, 0.4) is 0 Å². The van der Waals surface area contributed by atoms with Crippen molar-refractivity contribution in [2.45, 2.75) is 38.3 Å². The standard InChI is InChI=1S/C16H21BrN2O2/c17-14-9-12(10-18-13-4-5-13)3-6-15(14)21-11-16(20)19-7-1-2-8-19/h3,6,9,13,18H,1-2,4-5,7-8,10-11H2. The fourth-order valence-electron chi connectivity index (χ4n) is 2.52. The molecule has 1 aliphatic heterocycles. The van der Waals surface area contributed by atoms with Crippen molar-refractivity contribution in [2.24, 2.45) is 0 Å². The van der Waals surface area contributed by atoms with E-state index in [4.69, 9.17) is 4.74 Å². The molecule has 1 aromatic rings. The molecule has 0 spiro atoms. The minimum Gasteiger partial charge on any atom is -0.483 e. The molecule has 0 atom stereocenters. The molecule has 4 nitrogen and oxygen atoms in total. The van der Waals surface area contributed by atoms with Gasteiger partial charge in [-0.25, -0.2) is 0 Å². The third kappa shape index (κ3) is 4.20. The monoisotopic (exact) mass is 352 g/mol. The average molecular weight is 353 g/mol. The summed E-state index contributed by atoms with van der Waals surface area (Å²) in [6.07, 6.45) is 4.80. The zero-order valence-electron chi connectivity index (χ0n) is 12.1.